The van der Waals surface area contributed by atoms with Gasteiger partial charge in [-0.3, -0.25) is 10.2 Å². The molecule has 5 rings (SSSR count). The largest absolute Gasteiger partial charge is 0.457 e. The average molecular weight is 619 g/mol. The van der Waals surface area contributed by atoms with Crippen molar-refractivity contribution in [3.8, 4) is 11.5 Å². The molecule has 6 nitrogen and oxygen atoms in total. The maximum Gasteiger partial charge on any atom is 0.253 e. The first-order valence-electron chi connectivity index (χ1n) is 17.1. The van der Waals surface area contributed by atoms with Crippen LogP contribution in [0.1, 0.15) is 125 Å². The van der Waals surface area contributed by atoms with E-state index in [2.05, 4.69) is 63.9 Å². The van der Waals surface area contributed by atoms with Crippen LogP contribution < -0.4 is 10.5 Å². The first-order chi connectivity index (χ1) is 22.1. The van der Waals surface area contributed by atoms with Gasteiger partial charge in [0, 0.05) is 41.1 Å². The number of allylic oxidation sites excluding steroid dienone is 4. The molecule has 0 saturated carbocycles. The van der Waals surface area contributed by atoms with E-state index in [1.165, 1.54) is 25.7 Å². The fourth-order valence-corrected chi connectivity index (χ4v) is 6.46. The molecule has 1 aliphatic carbocycles. The molecule has 3 aromatic carbocycles. The molecule has 1 amide bonds. The monoisotopic (exact) mass is 618 g/mol. The molecule has 0 unspecified atom stereocenters. The zero-order chi connectivity index (χ0) is 32.8. The first-order valence-corrected chi connectivity index (χ1v) is 17.1. The second-order valence-electron chi connectivity index (χ2n) is 13.7. The Hall–Kier alpha value is -4.19. The van der Waals surface area contributed by atoms with Gasteiger partial charge >= 0.3 is 0 Å². The van der Waals surface area contributed by atoms with Crippen molar-refractivity contribution in [2.24, 2.45) is 10.7 Å². The number of rotatable bonds is 14. The minimum atomic E-state index is -0.129. The zero-order valence-corrected chi connectivity index (χ0v) is 28.3. The van der Waals surface area contributed by atoms with Crippen molar-refractivity contribution in [1.29, 1.82) is 5.41 Å². The van der Waals surface area contributed by atoms with Crippen LogP contribution in [0.5, 0.6) is 11.5 Å². The summed E-state index contributed by atoms with van der Waals surface area (Å²) in [4.78, 5) is 20.0. The molecule has 242 valence electrons. The van der Waals surface area contributed by atoms with Crippen LogP contribution in [0.15, 0.2) is 71.8 Å². The maximum atomic E-state index is 13.7. The lowest BCUT2D eigenvalue weighted by Crippen LogP contribution is -2.33. The number of unbranched alkanes of at least 4 members (excludes halogenated alkanes) is 6. The Balaban J connectivity index is 1.50. The number of hydrogen-bond donors (Lipinski definition) is 2. The summed E-state index contributed by atoms with van der Waals surface area (Å²) in [6.45, 7) is 12.6. The summed E-state index contributed by atoms with van der Waals surface area (Å²) in [5.41, 5.74) is 10.7. The lowest BCUT2D eigenvalue weighted by molar-refractivity contribution is 0.0749. The van der Waals surface area contributed by atoms with Crippen molar-refractivity contribution in [3.05, 3.63) is 94.6 Å². The Morgan fingerprint density at radius 1 is 0.913 bits per heavy atom. The summed E-state index contributed by atoms with van der Waals surface area (Å²) in [7, 11) is 0. The Bertz CT molecular complexity index is 1650. The van der Waals surface area contributed by atoms with Gasteiger partial charge in [-0.2, -0.15) is 0 Å². The van der Waals surface area contributed by atoms with Crippen LogP contribution in [0, 0.1) is 5.41 Å². The van der Waals surface area contributed by atoms with Crippen LogP contribution in [0.25, 0.3) is 10.8 Å². The third kappa shape index (κ3) is 7.27. The van der Waals surface area contributed by atoms with E-state index in [-0.39, 0.29) is 23.1 Å². The van der Waals surface area contributed by atoms with Crippen LogP contribution >= 0.6 is 0 Å². The Kier molecular flexibility index (Phi) is 10.5. The van der Waals surface area contributed by atoms with Gasteiger partial charge in [0.15, 0.2) is 5.84 Å². The molecule has 0 aromatic heterocycles. The smallest absolute Gasteiger partial charge is 0.253 e. The van der Waals surface area contributed by atoms with Crippen molar-refractivity contribution in [2.75, 3.05) is 13.1 Å². The summed E-state index contributed by atoms with van der Waals surface area (Å²) in [5, 5.41) is 10.5. The number of hydrogen-bond acceptors (Lipinski definition) is 4. The first kappa shape index (κ1) is 33.2. The van der Waals surface area contributed by atoms with Crippen molar-refractivity contribution < 1.29 is 9.53 Å². The highest BCUT2D eigenvalue weighted by Crippen LogP contribution is 2.44. The summed E-state index contributed by atoms with van der Waals surface area (Å²) >= 11 is 0. The number of carbonyl (C=O) groups is 1. The molecule has 46 heavy (non-hydrogen) atoms. The number of benzene rings is 3. The predicted molar refractivity (Wildman–Crippen MR) is 192 cm³/mol. The number of carbonyl (C=O) groups excluding carboxylic acids is 1. The molecule has 0 spiro atoms. The lowest BCUT2D eigenvalue weighted by Gasteiger charge is -2.25. The zero-order valence-electron chi connectivity index (χ0n) is 28.3. The molecule has 1 heterocycles. The van der Waals surface area contributed by atoms with Crippen LogP contribution in [0.4, 0.5) is 0 Å². The van der Waals surface area contributed by atoms with Crippen molar-refractivity contribution >= 4 is 28.4 Å². The number of amides is 1. The Morgan fingerprint density at radius 2 is 1.54 bits per heavy atom. The van der Waals surface area contributed by atoms with Gasteiger partial charge in [-0.25, -0.2) is 4.99 Å². The van der Waals surface area contributed by atoms with Gasteiger partial charge in [-0.1, -0.05) is 104 Å². The van der Waals surface area contributed by atoms with E-state index in [1.54, 1.807) is 0 Å². The normalized spacial score (nSPS) is 14.3. The molecule has 0 saturated heterocycles. The highest BCUT2D eigenvalue weighted by molar-refractivity contribution is 6.24. The average Bonchev–Trinajstić information content (AvgIpc) is 3.66. The van der Waals surface area contributed by atoms with Gasteiger partial charge < -0.3 is 15.4 Å². The van der Waals surface area contributed by atoms with E-state index in [4.69, 9.17) is 15.9 Å². The third-order valence-electron chi connectivity index (χ3n) is 9.11. The van der Waals surface area contributed by atoms with E-state index < -0.39 is 0 Å². The van der Waals surface area contributed by atoms with E-state index in [1.807, 2.05) is 47.4 Å². The van der Waals surface area contributed by atoms with E-state index in [0.717, 1.165) is 77.5 Å². The van der Waals surface area contributed by atoms with Gasteiger partial charge in [0.25, 0.3) is 5.91 Å². The second kappa shape index (κ2) is 14.5. The second-order valence-corrected chi connectivity index (χ2v) is 13.7. The Morgan fingerprint density at radius 3 is 2.13 bits per heavy atom. The standard InChI is InChI=1S/C40H50N4O2/c1-6-8-10-14-22-44(23-15-11-9-7-2)39(45)28-18-20-31(21-19-28)46-33-26-30(40(3,4)5)24-29-25-32-36(38(42)43-37(32)41)35(34(29)33)27-16-12-13-17-27/h12-13,16-21,24-27H,6-11,14-15,22-23H2,1-5H3,(H3,41,42,43). The molecular weight excluding hydrogens is 568 g/mol. The van der Waals surface area contributed by atoms with Crippen LogP contribution in [-0.4, -0.2) is 35.6 Å². The molecule has 3 aromatic rings. The quantitative estimate of drug-likeness (QED) is 0.176. The fourth-order valence-electron chi connectivity index (χ4n) is 6.46. The van der Waals surface area contributed by atoms with Gasteiger partial charge in [0.05, 0.1) is 0 Å². The van der Waals surface area contributed by atoms with Gasteiger partial charge in [-0.15, -0.1) is 0 Å². The topological polar surface area (TPSA) is 91.8 Å². The molecule has 0 radical (unpaired) electrons. The van der Waals surface area contributed by atoms with Crippen molar-refractivity contribution in [1.82, 2.24) is 4.90 Å². The number of amidine groups is 2. The van der Waals surface area contributed by atoms with E-state index >= 15 is 0 Å². The van der Waals surface area contributed by atoms with Gasteiger partial charge in [0.2, 0.25) is 0 Å². The van der Waals surface area contributed by atoms with Crippen molar-refractivity contribution in [3.63, 3.8) is 0 Å². The van der Waals surface area contributed by atoms with Gasteiger partial charge in [0.1, 0.15) is 17.3 Å². The molecule has 1 aliphatic heterocycles. The fraction of sp³-hybridized carbons (Fsp3) is 0.425. The van der Waals surface area contributed by atoms with Gasteiger partial charge in [-0.05, 0) is 71.2 Å². The Labute approximate surface area is 274 Å². The SMILES string of the molecule is CCCCCCN(CCCCCC)C(=O)c1ccc(Oc2cc(C(C)(C)C)cc3cc4c(c(C5C=CC=C5)c23)C(N)=NC4=N)cc1. The number of aliphatic imine (C=N–C) groups is 1. The van der Waals surface area contributed by atoms with E-state index in [9.17, 15) is 4.79 Å². The number of ether oxygens (including phenoxy) is 1. The molecular formula is C40H50N4O2. The van der Waals surface area contributed by atoms with E-state index in [0.29, 0.717) is 17.1 Å². The molecule has 0 fully saturated rings. The number of nitrogens with two attached hydrogens (primary N) is 1. The highest BCUT2D eigenvalue weighted by Gasteiger charge is 2.30. The number of nitrogens with one attached hydrogen (secondary N) is 1. The number of nitrogens with zero attached hydrogens (tertiary/aromatic N) is 2. The molecule has 0 bridgehead atoms. The lowest BCUT2D eigenvalue weighted by atomic mass is 9.82. The van der Waals surface area contributed by atoms with Crippen LogP contribution in [0.2, 0.25) is 0 Å². The molecule has 2 aliphatic rings. The van der Waals surface area contributed by atoms with Crippen LogP contribution in [-0.2, 0) is 5.41 Å². The molecule has 6 heteroatoms. The summed E-state index contributed by atoms with van der Waals surface area (Å²) in [6.07, 6.45) is 17.5. The molecule has 3 N–H and O–H groups in total. The highest BCUT2D eigenvalue weighted by atomic mass is 16.5. The maximum absolute atomic E-state index is 13.7. The predicted octanol–water partition coefficient (Wildman–Crippen LogP) is 9.79. The molecule has 0 atom stereocenters. The van der Waals surface area contributed by atoms with Crippen molar-refractivity contribution in [2.45, 2.75) is 97.3 Å². The number of fused-ring (bicyclic) bond motifs is 2. The summed E-state index contributed by atoms with van der Waals surface area (Å²) < 4.78 is 6.72. The van der Waals surface area contributed by atoms with Crippen LogP contribution in [0.3, 0.4) is 0 Å². The minimum Gasteiger partial charge on any atom is -0.457 e. The third-order valence-corrected chi connectivity index (χ3v) is 9.11. The summed E-state index contributed by atoms with van der Waals surface area (Å²) in [5.74, 6) is 2.03. The summed E-state index contributed by atoms with van der Waals surface area (Å²) in [6, 6.07) is 14.0. The minimum absolute atomic E-state index is 0.0134.